The van der Waals surface area contributed by atoms with E-state index < -0.39 is 0 Å². The molecule has 43 heavy (non-hydrogen) atoms. The zero-order chi connectivity index (χ0) is 30.2. The fourth-order valence-corrected chi connectivity index (χ4v) is 5.16. The molecule has 2 N–H and O–H groups in total. The van der Waals surface area contributed by atoms with E-state index in [2.05, 4.69) is 20.4 Å². The standard InChI is InChI=1S/C34H34F2N4O3/c1-43-29-8-4-7-25(20-29)33(41)38-28-14-15-32(30(21-28)34(42)37-22-24-10-12-27(35)13-11-24)40-17-5-16-39(18-19-40)23-26-6-2-3-9-31(26)36/h2-4,6-15,20-21H,5,16-19,22-23H2,1H3,(H,37,42)(H,38,41). The summed E-state index contributed by atoms with van der Waals surface area (Å²) >= 11 is 0. The Hall–Kier alpha value is -4.76. The van der Waals surface area contributed by atoms with E-state index >= 15 is 0 Å². The largest absolute Gasteiger partial charge is 0.497 e. The maximum Gasteiger partial charge on any atom is 0.255 e. The van der Waals surface area contributed by atoms with Gasteiger partial charge >= 0.3 is 0 Å². The Morgan fingerprint density at radius 2 is 1.65 bits per heavy atom. The van der Waals surface area contributed by atoms with Gasteiger partial charge in [0.2, 0.25) is 0 Å². The fraction of sp³-hybridized carbons (Fsp3) is 0.235. The van der Waals surface area contributed by atoms with Crippen molar-refractivity contribution in [1.29, 1.82) is 0 Å². The van der Waals surface area contributed by atoms with Crippen LogP contribution in [0.5, 0.6) is 5.75 Å². The molecule has 0 radical (unpaired) electrons. The molecule has 0 spiro atoms. The number of carbonyl (C=O) groups is 2. The Bertz CT molecular complexity index is 1580. The number of anilines is 2. The van der Waals surface area contributed by atoms with E-state index in [4.69, 9.17) is 4.74 Å². The first-order valence-corrected chi connectivity index (χ1v) is 14.2. The molecule has 4 aromatic rings. The molecule has 1 aliphatic rings. The molecular formula is C34H34F2N4O3. The van der Waals surface area contributed by atoms with E-state index in [0.29, 0.717) is 54.3 Å². The number of hydrogen-bond acceptors (Lipinski definition) is 5. The molecule has 1 heterocycles. The number of carbonyl (C=O) groups excluding carboxylic acids is 2. The van der Waals surface area contributed by atoms with Crippen LogP contribution in [-0.4, -0.2) is 50.0 Å². The van der Waals surface area contributed by atoms with Crippen molar-refractivity contribution in [3.63, 3.8) is 0 Å². The van der Waals surface area contributed by atoms with Gasteiger partial charge in [0.15, 0.2) is 0 Å². The van der Waals surface area contributed by atoms with Crippen LogP contribution in [0.2, 0.25) is 0 Å². The Balaban J connectivity index is 1.36. The van der Waals surface area contributed by atoms with Crippen molar-refractivity contribution in [3.05, 3.63) is 125 Å². The molecule has 1 fully saturated rings. The van der Waals surface area contributed by atoms with E-state index in [0.717, 1.165) is 24.2 Å². The Morgan fingerprint density at radius 1 is 0.837 bits per heavy atom. The zero-order valence-electron chi connectivity index (χ0n) is 24.0. The molecule has 0 unspecified atom stereocenters. The number of nitrogens with zero attached hydrogens (tertiary/aromatic N) is 2. The average Bonchev–Trinajstić information content (AvgIpc) is 3.27. The van der Waals surface area contributed by atoms with Crippen LogP contribution in [0.1, 0.15) is 38.3 Å². The van der Waals surface area contributed by atoms with Crippen molar-refractivity contribution in [2.75, 3.05) is 43.5 Å². The third-order valence-corrected chi connectivity index (χ3v) is 7.48. The van der Waals surface area contributed by atoms with Gasteiger partial charge in [0.25, 0.3) is 11.8 Å². The first-order valence-electron chi connectivity index (χ1n) is 14.2. The Labute approximate surface area is 250 Å². The third kappa shape index (κ3) is 7.75. The van der Waals surface area contributed by atoms with Gasteiger partial charge < -0.3 is 20.3 Å². The number of rotatable bonds is 9. The molecule has 1 aliphatic heterocycles. The van der Waals surface area contributed by atoms with Gasteiger partial charge in [-0.15, -0.1) is 0 Å². The van der Waals surface area contributed by atoms with Gasteiger partial charge in [0.05, 0.1) is 12.7 Å². The van der Waals surface area contributed by atoms with Crippen LogP contribution in [0.15, 0.2) is 91.0 Å². The maximum absolute atomic E-state index is 14.3. The number of nitrogens with one attached hydrogen (secondary N) is 2. The van der Waals surface area contributed by atoms with Gasteiger partial charge in [-0.2, -0.15) is 0 Å². The number of hydrogen-bond donors (Lipinski definition) is 2. The van der Waals surface area contributed by atoms with Crippen LogP contribution in [0, 0.1) is 11.6 Å². The second-order valence-corrected chi connectivity index (χ2v) is 10.4. The van der Waals surface area contributed by atoms with Gasteiger partial charge in [-0.3, -0.25) is 14.5 Å². The topological polar surface area (TPSA) is 73.9 Å². The molecule has 0 aliphatic carbocycles. The molecule has 1 saturated heterocycles. The monoisotopic (exact) mass is 584 g/mol. The zero-order valence-corrected chi connectivity index (χ0v) is 24.0. The third-order valence-electron chi connectivity index (χ3n) is 7.48. The highest BCUT2D eigenvalue weighted by Crippen LogP contribution is 2.27. The SMILES string of the molecule is COc1cccc(C(=O)Nc2ccc(N3CCCN(Cc4ccccc4F)CC3)c(C(=O)NCc3ccc(F)cc3)c2)c1. The molecule has 222 valence electrons. The lowest BCUT2D eigenvalue weighted by molar-refractivity contribution is 0.0950. The van der Waals surface area contributed by atoms with Crippen LogP contribution in [0.25, 0.3) is 0 Å². The fourth-order valence-electron chi connectivity index (χ4n) is 5.16. The van der Waals surface area contributed by atoms with Crippen LogP contribution >= 0.6 is 0 Å². The van der Waals surface area contributed by atoms with E-state index in [-0.39, 0.29) is 30.0 Å². The summed E-state index contributed by atoms with van der Waals surface area (Å²) in [6, 6.07) is 24.9. The van der Waals surface area contributed by atoms with Crippen molar-refractivity contribution < 1.29 is 23.1 Å². The highest BCUT2D eigenvalue weighted by atomic mass is 19.1. The van der Waals surface area contributed by atoms with Crippen molar-refractivity contribution >= 4 is 23.2 Å². The van der Waals surface area contributed by atoms with E-state index in [1.54, 1.807) is 60.7 Å². The molecular weight excluding hydrogens is 550 g/mol. The van der Waals surface area contributed by atoms with Gasteiger partial charge in [-0.25, -0.2) is 8.78 Å². The number of amides is 2. The molecule has 0 atom stereocenters. The molecule has 4 aromatic carbocycles. The van der Waals surface area contributed by atoms with Crippen molar-refractivity contribution in [1.82, 2.24) is 10.2 Å². The predicted octanol–water partition coefficient (Wildman–Crippen LogP) is 5.87. The molecule has 0 saturated carbocycles. The summed E-state index contributed by atoms with van der Waals surface area (Å²) in [6.07, 6.45) is 0.833. The number of benzene rings is 4. The second kappa shape index (κ2) is 13.9. The van der Waals surface area contributed by atoms with Gasteiger partial charge in [0.1, 0.15) is 17.4 Å². The van der Waals surface area contributed by atoms with Crippen molar-refractivity contribution in [2.45, 2.75) is 19.5 Å². The lowest BCUT2D eigenvalue weighted by Gasteiger charge is -2.26. The van der Waals surface area contributed by atoms with Crippen molar-refractivity contribution in [2.24, 2.45) is 0 Å². The maximum atomic E-state index is 14.3. The highest BCUT2D eigenvalue weighted by molar-refractivity contribution is 6.06. The first-order chi connectivity index (χ1) is 20.9. The molecule has 0 aromatic heterocycles. The predicted molar refractivity (Wildman–Crippen MR) is 163 cm³/mol. The summed E-state index contributed by atoms with van der Waals surface area (Å²) in [6.45, 7) is 3.57. The molecule has 5 rings (SSSR count). The summed E-state index contributed by atoms with van der Waals surface area (Å²) in [5.74, 6) is -0.640. The van der Waals surface area contributed by atoms with E-state index in [9.17, 15) is 18.4 Å². The quantitative estimate of drug-likeness (QED) is 0.258. The number of methoxy groups -OCH3 is 1. The summed E-state index contributed by atoms with van der Waals surface area (Å²) in [5.41, 5.74) is 3.47. The van der Waals surface area contributed by atoms with Gasteiger partial charge in [-0.05, 0) is 66.6 Å². The van der Waals surface area contributed by atoms with Crippen molar-refractivity contribution in [3.8, 4) is 5.75 Å². The Kier molecular flexibility index (Phi) is 9.63. The summed E-state index contributed by atoms with van der Waals surface area (Å²) in [4.78, 5) is 31.0. The minimum atomic E-state index is -0.345. The van der Waals surface area contributed by atoms with E-state index in [1.165, 1.54) is 25.3 Å². The second-order valence-electron chi connectivity index (χ2n) is 10.4. The lowest BCUT2D eigenvalue weighted by atomic mass is 10.1. The number of ether oxygens (including phenoxy) is 1. The van der Waals surface area contributed by atoms with Gasteiger partial charge in [-0.1, -0.05) is 36.4 Å². The molecule has 7 nitrogen and oxygen atoms in total. The lowest BCUT2D eigenvalue weighted by Crippen LogP contribution is -2.33. The molecule has 0 bridgehead atoms. The van der Waals surface area contributed by atoms with Crippen LogP contribution in [0.3, 0.4) is 0 Å². The van der Waals surface area contributed by atoms with Crippen LogP contribution < -0.4 is 20.3 Å². The number of halogens is 2. The minimum absolute atomic E-state index is 0.213. The molecule has 9 heteroatoms. The van der Waals surface area contributed by atoms with Crippen LogP contribution in [0.4, 0.5) is 20.2 Å². The molecule has 2 amide bonds. The smallest absolute Gasteiger partial charge is 0.255 e. The summed E-state index contributed by atoms with van der Waals surface area (Å²) in [5, 5.41) is 5.82. The summed E-state index contributed by atoms with van der Waals surface area (Å²) < 4.78 is 32.9. The normalized spacial score (nSPS) is 13.7. The van der Waals surface area contributed by atoms with Gasteiger partial charge in [0, 0.05) is 61.8 Å². The summed E-state index contributed by atoms with van der Waals surface area (Å²) in [7, 11) is 1.54. The first kappa shape index (κ1) is 29.7. The Morgan fingerprint density at radius 3 is 2.44 bits per heavy atom. The van der Waals surface area contributed by atoms with E-state index in [1.807, 2.05) is 12.1 Å². The minimum Gasteiger partial charge on any atom is -0.497 e. The van der Waals surface area contributed by atoms with Crippen LogP contribution in [-0.2, 0) is 13.1 Å². The highest BCUT2D eigenvalue weighted by Gasteiger charge is 2.22. The average molecular weight is 585 g/mol.